The number of aromatic nitrogens is 1. The van der Waals surface area contributed by atoms with Gasteiger partial charge in [-0.15, -0.1) is 5.11 Å². The summed E-state index contributed by atoms with van der Waals surface area (Å²) in [5.74, 6) is 0.0785. The van der Waals surface area contributed by atoms with Gasteiger partial charge in [-0.3, -0.25) is 0 Å². The van der Waals surface area contributed by atoms with Crippen LogP contribution in [-0.2, 0) is 12.7 Å². The fourth-order valence-electron chi connectivity index (χ4n) is 1.02. The van der Waals surface area contributed by atoms with Crippen molar-refractivity contribution in [3.05, 3.63) is 23.4 Å². The number of hydrogen-bond acceptors (Lipinski definition) is 3. The van der Waals surface area contributed by atoms with Crippen molar-refractivity contribution in [2.75, 3.05) is 0 Å². The second-order valence-corrected chi connectivity index (χ2v) is 2.58. The number of alkyl halides is 3. The van der Waals surface area contributed by atoms with Crippen molar-refractivity contribution >= 4 is 5.82 Å². The van der Waals surface area contributed by atoms with Crippen molar-refractivity contribution in [2.24, 2.45) is 10.2 Å². The molecular weight excluding hydrogens is 183 g/mol. The van der Waals surface area contributed by atoms with Gasteiger partial charge in [0.1, 0.15) is 5.69 Å². The van der Waals surface area contributed by atoms with Crippen LogP contribution in [0.2, 0.25) is 0 Å². The van der Waals surface area contributed by atoms with Crippen LogP contribution >= 0.6 is 0 Å². The van der Waals surface area contributed by atoms with Crippen LogP contribution in [0.3, 0.4) is 0 Å². The standard InChI is InChI=1S/C7H4F3N3/c8-7(9,10)5-2-1-4-3-11-13-6(4)12-5/h1-2H,3H2. The van der Waals surface area contributed by atoms with E-state index >= 15 is 0 Å². The SMILES string of the molecule is FC(F)(F)c1ccc2c(n1)N=NC2. The molecule has 0 aromatic carbocycles. The molecule has 3 nitrogen and oxygen atoms in total. The van der Waals surface area contributed by atoms with Crippen molar-refractivity contribution in [1.82, 2.24) is 4.98 Å². The fourth-order valence-corrected chi connectivity index (χ4v) is 1.02. The highest BCUT2D eigenvalue weighted by Crippen LogP contribution is 2.32. The molecule has 0 aliphatic carbocycles. The predicted octanol–water partition coefficient (Wildman–Crippen LogP) is 2.70. The van der Waals surface area contributed by atoms with Gasteiger partial charge >= 0.3 is 6.18 Å². The lowest BCUT2D eigenvalue weighted by atomic mass is 10.2. The Morgan fingerprint density at radius 2 is 2.00 bits per heavy atom. The summed E-state index contributed by atoms with van der Waals surface area (Å²) in [6.45, 7) is 0.320. The fraction of sp³-hybridized carbons (Fsp3) is 0.286. The van der Waals surface area contributed by atoms with Crippen LogP contribution in [-0.4, -0.2) is 4.98 Å². The van der Waals surface area contributed by atoms with Crippen LogP contribution in [0.1, 0.15) is 11.3 Å². The molecule has 2 rings (SSSR count). The molecule has 0 amide bonds. The highest BCUT2D eigenvalue weighted by atomic mass is 19.4. The van der Waals surface area contributed by atoms with Crippen LogP contribution < -0.4 is 0 Å². The van der Waals surface area contributed by atoms with Crippen molar-refractivity contribution in [1.29, 1.82) is 0 Å². The van der Waals surface area contributed by atoms with Crippen molar-refractivity contribution in [3.8, 4) is 0 Å². The predicted molar refractivity (Wildman–Crippen MR) is 37.5 cm³/mol. The molecule has 13 heavy (non-hydrogen) atoms. The molecule has 1 aliphatic heterocycles. The molecule has 2 heterocycles. The Morgan fingerprint density at radius 3 is 2.69 bits per heavy atom. The summed E-state index contributed by atoms with van der Waals surface area (Å²) in [6, 6.07) is 2.29. The quantitative estimate of drug-likeness (QED) is 0.615. The monoisotopic (exact) mass is 187 g/mol. The zero-order valence-corrected chi connectivity index (χ0v) is 6.34. The summed E-state index contributed by atoms with van der Waals surface area (Å²) in [4.78, 5) is 3.34. The van der Waals surface area contributed by atoms with Gasteiger partial charge in [0.05, 0.1) is 6.54 Å². The third-order valence-electron chi connectivity index (χ3n) is 1.65. The summed E-state index contributed by atoms with van der Waals surface area (Å²) in [7, 11) is 0. The molecule has 0 saturated heterocycles. The molecule has 0 spiro atoms. The molecule has 1 aromatic heterocycles. The lowest BCUT2D eigenvalue weighted by Gasteiger charge is -2.05. The average Bonchev–Trinajstić information content (AvgIpc) is 2.47. The molecule has 0 unspecified atom stereocenters. The zero-order chi connectivity index (χ0) is 9.47. The van der Waals surface area contributed by atoms with Gasteiger partial charge in [0.25, 0.3) is 0 Å². The third-order valence-corrected chi connectivity index (χ3v) is 1.65. The summed E-state index contributed by atoms with van der Waals surface area (Å²) in [5, 5.41) is 7.06. The maximum absolute atomic E-state index is 12.1. The van der Waals surface area contributed by atoms with E-state index in [1.807, 2.05) is 0 Å². The highest BCUT2D eigenvalue weighted by molar-refractivity contribution is 5.41. The Kier molecular flexibility index (Phi) is 1.58. The first-order valence-corrected chi connectivity index (χ1v) is 3.52. The number of rotatable bonds is 0. The van der Waals surface area contributed by atoms with Crippen molar-refractivity contribution < 1.29 is 13.2 Å². The van der Waals surface area contributed by atoms with E-state index in [-0.39, 0.29) is 5.82 Å². The van der Waals surface area contributed by atoms with E-state index in [0.717, 1.165) is 6.07 Å². The van der Waals surface area contributed by atoms with E-state index in [4.69, 9.17) is 0 Å². The highest BCUT2D eigenvalue weighted by Gasteiger charge is 2.33. The van der Waals surface area contributed by atoms with Gasteiger partial charge in [0.15, 0.2) is 5.82 Å². The molecule has 0 fully saturated rings. The minimum absolute atomic E-state index is 0.0785. The van der Waals surface area contributed by atoms with Gasteiger partial charge < -0.3 is 0 Å². The minimum atomic E-state index is -4.41. The Labute approximate surface area is 71.3 Å². The first-order valence-electron chi connectivity index (χ1n) is 3.52. The van der Waals surface area contributed by atoms with E-state index in [1.165, 1.54) is 6.07 Å². The van der Waals surface area contributed by atoms with E-state index < -0.39 is 11.9 Å². The molecule has 68 valence electrons. The van der Waals surface area contributed by atoms with Gasteiger partial charge in [-0.1, -0.05) is 6.07 Å². The molecule has 6 heteroatoms. The maximum Gasteiger partial charge on any atom is 0.433 e. The summed E-state index contributed by atoms with van der Waals surface area (Å²) >= 11 is 0. The van der Waals surface area contributed by atoms with E-state index in [1.54, 1.807) is 0 Å². The van der Waals surface area contributed by atoms with Crippen LogP contribution in [0.4, 0.5) is 19.0 Å². The normalized spacial score (nSPS) is 14.7. The van der Waals surface area contributed by atoms with Gasteiger partial charge in [-0.25, -0.2) is 4.98 Å². The maximum atomic E-state index is 12.1. The number of hydrogen-bond donors (Lipinski definition) is 0. The van der Waals surface area contributed by atoms with Crippen LogP contribution in [0.15, 0.2) is 22.4 Å². The second kappa shape index (κ2) is 2.51. The molecule has 0 atom stereocenters. The number of azo groups is 1. The van der Waals surface area contributed by atoms with E-state index in [0.29, 0.717) is 12.1 Å². The number of pyridine rings is 1. The summed E-state index contributed by atoms with van der Waals surface area (Å²) < 4.78 is 36.4. The van der Waals surface area contributed by atoms with Crippen LogP contribution in [0.25, 0.3) is 0 Å². The molecule has 0 N–H and O–H groups in total. The van der Waals surface area contributed by atoms with Crippen LogP contribution in [0, 0.1) is 0 Å². The number of halogens is 3. The average molecular weight is 187 g/mol. The zero-order valence-electron chi connectivity index (χ0n) is 6.34. The van der Waals surface area contributed by atoms with Gasteiger partial charge in [-0.05, 0) is 6.07 Å². The number of nitrogens with zero attached hydrogens (tertiary/aromatic N) is 3. The van der Waals surface area contributed by atoms with E-state index in [2.05, 4.69) is 15.2 Å². The molecular formula is C7H4F3N3. The van der Waals surface area contributed by atoms with Gasteiger partial charge in [-0.2, -0.15) is 18.3 Å². The van der Waals surface area contributed by atoms with Crippen LogP contribution in [0.5, 0.6) is 0 Å². The Morgan fingerprint density at radius 1 is 1.23 bits per heavy atom. The lowest BCUT2D eigenvalue weighted by molar-refractivity contribution is -0.141. The Balaban J connectivity index is 2.47. The molecule has 0 radical (unpaired) electrons. The first-order chi connectivity index (χ1) is 6.07. The molecule has 1 aromatic rings. The first kappa shape index (κ1) is 8.15. The smallest absolute Gasteiger partial charge is 0.222 e. The third kappa shape index (κ3) is 1.39. The number of fused-ring (bicyclic) bond motifs is 1. The Hall–Kier alpha value is -1.46. The lowest BCUT2D eigenvalue weighted by Crippen LogP contribution is -2.07. The largest absolute Gasteiger partial charge is 0.433 e. The second-order valence-electron chi connectivity index (χ2n) is 2.58. The van der Waals surface area contributed by atoms with E-state index in [9.17, 15) is 13.2 Å². The van der Waals surface area contributed by atoms with Gasteiger partial charge in [0, 0.05) is 5.56 Å². The molecule has 0 saturated carbocycles. The van der Waals surface area contributed by atoms with Crippen molar-refractivity contribution in [2.45, 2.75) is 12.7 Å². The summed E-state index contributed by atoms with van der Waals surface area (Å²) in [6.07, 6.45) is -4.41. The van der Waals surface area contributed by atoms with Gasteiger partial charge in [0.2, 0.25) is 0 Å². The summed E-state index contributed by atoms with van der Waals surface area (Å²) in [5.41, 5.74) is -0.292. The Bertz CT molecular complexity index is 370. The van der Waals surface area contributed by atoms with Crippen molar-refractivity contribution in [3.63, 3.8) is 0 Å². The topological polar surface area (TPSA) is 37.6 Å². The molecule has 0 bridgehead atoms. The molecule has 1 aliphatic rings. The minimum Gasteiger partial charge on any atom is -0.222 e.